The van der Waals surface area contributed by atoms with Gasteiger partial charge >= 0.3 is 6.01 Å². The lowest BCUT2D eigenvalue weighted by Gasteiger charge is -2.16. The second kappa shape index (κ2) is 13.7. The zero-order chi connectivity index (χ0) is 35.6. The maximum atomic E-state index is 12.5. The minimum atomic E-state index is -4.77. The summed E-state index contributed by atoms with van der Waals surface area (Å²) in [7, 11) is -9.46. The largest absolute Gasteiger partial charge is 0.439 e. The van der Waals surface area contributed by atoms with Gasteiger partial charge in [0.15, 0.2) is 0 Å². The molecule has 7 rings (SSSR count). The van der Waals surface area contributed by atoms with Crippen LogP contribution < -0.4 is 14.8 Å². The Balaban J connectivity index is 1.36. The number of rotatable bonds is 10. The summed E-state index contributed by atoms with van der Waals surface area (Å²) >= 11 is 0. The summed E-state index contributed by atoms with van der Waals surface area (Å²) in [5, 5.41) is 6.90. The van der Waals surface area contributed by atoms with Gasteiger partial charge < -0.3 is 14.8 Å². The number of aromatic nitrogens is 2. The number of fused-ring (bicyclic) bond motifs is 2. The minimum absolute atomic E-state index is 0.00802. The molecular weight excluding hydrogens is 691 g/mol. The number of hydrogen-bond acceptors (Lipinski definition) is 9. The number of hydrogen-bond donors (Lipinski definition) is 3. The number of anilines is 1. The first-order valence-electron chi connectivity index (χ1n) is 15.3. The second-order valence-electron chi connectivity index (χ2n) is 11.3. The molecule has 254 valence electrons. The van der Waals surface area contributed by atoms with Gasteiger partial charge in [-0.05, 0) is 69.6 Å². The smallest absolute Gasteiger partial charge is 0.327 e. The molecule has 3 N–H and O–H groups in total. The van der Waals surface area contributed by atoms with Crippen LogP contribution in [-0.4, -0.2) is 35.9 Å². The Hall–Kier alpha value is -6.12. The van der Waals surface area contributed by atoms with Gasteiger partial charge in [0.05, 0.1) is 0 Å². The van der Waals surface area contributed by atoms with E-state index in [0.717, 1.165) is 21.5 Å². The third kappa shape index (κ3) is 7.71. The maximum Gasteiger partial charge on any atom is 0.327 e. The Morgan fingerprint density at radius 1 is 0.569 bits per heavy atom. The number of ether oxygens (including phenoxy) is 2. The predicted octanol–water partition coefficient (Wildman–Crippen LogP) is 8.47. The lowest BCUT2D eigenvalue weighted by Crippen LogP contribution is -2.09. The van der Waals surface area contributed by atoms with Crippen LogP contribution in [0.3, 0.4) is 0 Å². The molecule has 0 saturated carbocycles. The molecule has 0 aliphatic carbocycles. The normalized spacial score (nSPS) is 12.2. The van der Waals surface area contributed by atoms with Gasteiger partial charge in [0.1, 0.15) is 27.1 Å². The zero-order valence-electron chi connectivity index (χ0n) is 26.4. The van der Waals surface area contributed by atoms with E-state index < -0.39 is 30.0 Å². The molecule has 0 fully saturated rings. The lowest BCUT2D eigenvalue weighted by molar-refractivity contribution is 0.413. The van der Waals surface area contributed by atoms with E-state index in [1.165, 1.54) is 54.6 Å². The van der Waals surface area contributed by atoms with Crippen molar-refractivity contribution in [3.05, 3.63) is 151 Å². The number of nitrogens with one attached hydrogen (secondary N) is 1. The van der Waals surface area contributed by atoms with Gasteiger partial charge in [0.2, 0.25) is 5.88 Å². The highest BCUT2D eigenvalue weighted by Crippen LogP contribution is 2.33. The molecule has 6 aromatic carbocycles. The molecule has 7 aromatic rings. The minimum Gasteiger partial charge on any atom is -0.439 e. The van der Waals surface area contributed by atoms with Crippen molar-refractivity contribution >= 4 is 59.4 Å². The summed E-state index contributed by atoms with van der Waals surface area (Å²) in [6.07, 6.45) is 1.31. The van der Waals surface area contributed by atoms with Gasteiger partial charge in [-0.2, -0.15) is 26.8 Å². The highest BCUT2D eigenvalue weighted by atomic mass is 32.2. The summed E-state index contributed by atoms with van der Waals surface area (Å²) in [5.74, 6) is 0.998. The van der Waals surface area contributed by atoms with E-state index in [4.69, 9.17) is 9.47 Å². The Kier molecular flexibility index (Phi) is 8.93. The van der Waals surface area contributed by atoms with Gasteiger partial charge in [0.25, 0.3) is 20.2 Å². The molecule has 0 aliphatic rings. The van der Waals surface area contributed by atoms with Crippen LogP contribution in [0.1, 0.15) is 11.1 Å². The van der Waals surface area contributed by atoms with Crippen molar-refractivity contribution in [2.24, 2.45) is 0 Å². The van der Waals surface area contributed by atoms with Crippen molar-refractivity contribution < 1.29 is 35.4 Å². The third-order valence-corrected chi connectivity index (χ3v) is 9.61. The van der Waals surface area contributed by atoms with E-state index in [1.807, 2.05) is 72.8 Å². The topological polar surface area (TPSA) is 165 Å². The summed E-state index contributed by atoms with van der Waals surface area (Å²) in [6, 6.07) is 38.9. The van der Waals surface area contributed by atoms with Crippen molar-refractivity contribution in [2.45, 2.75) is 9.79 Å². The molecule has 0 saturated heterocycles. The molecule has 0 aliphatic heterocycles. The van der Waals surface area contributed by atoms with Crippen molar-refractivity contribution in [3.63, 3.8) is 0 Å². The Labute approximate surface area is 293 Å². The molecule has 0 spiro atoms. The summed E-state index contributed by atoms with van der Waals surface area (Å²) in [4.78, 5) is 8.11. The maximum absolute atomic E-state index is 12.5. The first-order chi connectivity index (χ1) is 24.5. The number of nitrogens with zero attached hydrogens (tertiary/aromatic N) is 2. The summed E-state index contributed by atoms with van der Waals surface area (Å²) in [6.45, 7) is 0. The van der Waals surface area contributed by atoms with E-state index in [1.54, 1.807) is 18.2 Å². The van der Waals surface area contributed by atoms with Crippen LogP contribution >= 0.6 is 0 Å². The average Bonchev–Trinajstić information content (AvgIpc) is 3.10. The molecule has 0 unspecified atom stereocenters. The quantitative estimate of drug-likeness (QED) is 0.0918. The van der Waals surface area contributed by atoms with Gasteiger partial charge in [0, 0.05) is 17.3 Å². The van der Waals surface area contributed by atoms with Crippen molar-refractivity contribution in [2.75, 3.05) is 5.32 Å². The van der Waals surface area contributed by atoms with E-state index in [-0.39, 0.29) is 34.5 Å². The van der Waals surface area contributed by atoms with Crippen LogP contribution in [0.2, 0.25) is 0 Å². The standard InChI is InChI=1S/C38H27N3O8S2/c42-50(43,44)34-15-7-5-13-29(34)23-33(32-14-6-8-16-35(32)51(45,46)47)39-36-24-37(48-30-19-17-25-9-1-3-11-27(25)21-30)41-38(40-36)49-31-20-18-26-10-2-4-12-28(26)22-31/h1-24H,(H,39,40,41)(H,42,43,44)(H,45,46,47). The fraction of sp³-hybridized carbons (Fsp3) is 0. The van der Waals surface area contributed by atoms with Crippen molar-refractivity contribution in [1.29, 1.82) is 0 Å². The molecule has 0 atom stereocenters. The van der Waals surface area contributed by atoms with Crippen molar-refractivity contribution in [1.82, 2.24) is 9.97 Å². The third-order valence-electron chi connectivity index (χ3n) is 7.77. The first-order valence-corrected chi connectivity index (χ1v) is 18.2. The van der Waals surface area contributed by atoms with Crippen LogP contribution in [0, 0.1) is 0 Å². The predicted molar refractivity (Wildman–Crippen MR) is 194 cm³/mol. The molecule has 11 nitrogen and oxygen atoms in total. The van der Waals surface area contributed by atoms with Crippen LogP contribution in [0.25, 0.3) is 33.3 Å². The van der Waals surface area contributed by atoms with E-state index in [9.17, 15) is 25.9 Å². The van der Waals surface area contributed by atoms with E-state index in [2.05, 4.69) is 15.3 Å². The SMILES string of the molecule is O=S(=O)(O)c1ccccc1C=C(Nc1cc(Oc2ccc3ccccc3c2)nc(Oc2ccc3ccccc3c2)n1)c1ccccc1S(=O)(=O)O. The summed E-state index contributed by atoms with van der Waals surface area (Å²) < 4.78 is 81.9. The molecule has 1 heterocycles. The average molecular weight is 718 g/mol. The van der Waals surface area contributed by atoms with Gasteiger partial charge in [-0.1, -0.05) is 97.1 Å². The molecule has 0 amide bonds. The summed E-state index contributed by atoms with van der Waals surface area (Å²) in [5.41, 5.74) is -0.0222. The molecule has 0 radical (unpaired) electrons. The number of benzene rings is 6. The molecule has 51 heavy (non-hydrogen) atoms. The fourth-order valence-corrected chi connectivity index (χ4v) is 6.86. The van der Waals surface area contributed by atoms with E-state index in [0.29, 0.717) is 11.5 Å². The molecule has 13 heteroatoms. The van der Waals surface area contributed by atoms with Gasteiger partial charge in [-0.15, -0.1) is 0 Å². The Morgan fingerprint density at radius 2 is 1.10 bits per heavy atom. The van der Waals surface area contributed by atoms with Crippen LogP contribution in [-0.2, 0) is 20.2 Å². The molecular formula is C38H27N3O8S2. The van der Waals surface area contributed by atoms with Gasteiger partial charge in [-0.25, -0.2) is 0 Å². The van der Waals surface area contributed by atoms with Crippen LogP contribution in [0.5, 0.6) is 23.4 Å². The fourth-order valence-electron chi connectivity index (χ4n) is 5.48. The Morgan fingerprint density at radius 3 is 1.73 bits per heavy atom. The van der Waals surface area contributed by atoms with Crippen LogP contribution in [0.4, 0.5) is 5.82 Å². The first kappa shape index (κ1) is 33.4. The van der Waals surface area contributed by atoms with Crippen molar-refractivity contribution in [3.8, 4) is 23.4 Å². The monoisotopic (exact) mass is 717 g/mol. The lowest BCUT2D eigenvalue weighted by atomic mass is 10.1. The Bertz CT molecular complexity index is 2600. The van der Waals surface area contributed by atoms with Gasteiger partial charge in [-0.3, -0.25) is 9.11 Å². The molecule has 1 aromatic heterocycles. The highest BCUT2D eigenvalue weighted by Gasteiger charge is 2.21. The second-order valence-corrected chi connectivity index (χ2v) is 14.0. The molecule has 0 bridgehead atoms. The highest BCUT2D eigenvalue weighted by molar-refractivity contribution is 7.86. The van der Waals surface area contributed by atoms with Crippen LogP contribution in [0.15, 0.2) is 149 Å². The zero-order valence-corrected chi connectivity index (χ0v) is 28.0. The van der Waals surface area contributed by atoms with E-state index >= 15 is 0 Å².